The van der Waals surface area contributed by atoms with Crippen LogP contribution in [0.1, 0.15) is 44.5 Å². The van der Waals surface area contributed by atoms with Gasteiger partial charge in [0.15, 0.2) is 0 Å². The summed E-state index contributed by atoms with van der Waals surface area (Å²) in [6.45, 7) is 9.76. The number of hydrogen-bond donors (Lipinski definition) is 1. The van der Waals surface area contributed by atoms with Gasteiger partial charge in [-0.3, -0.25) is 4.90 Å². The van der Waals surface area contributed by atoms with E-state index in [2.05, 4.69) is 35.7 Å². The van der Waals surface area contributed by atoms with E-state index in [9.17, 15) is 0 Å². The van der Waals surface area contributed by atoms with Crippen molar-refractivity contribution in [2.24, 2.45) is 0 Å². The van der Waals surface area contributed by atoms with Gasteiger partial charge in [-0.15, -0.1) is 0 Å². The molecule has 0 spiro atoms. The molecule has 118 valence electrons. The highest BCUT2D eigenvalue weighted by atomic mass is 15.2. The Hall–Kier alpha value is -1.36. The second-order valence-corrected chi connectivity index (χ2v) is 6.03. The fraction of sp³-hybridized carbons (Fsp3) is 0.750. The van der Waals surface area contributed by atoms with Gasteiger partial charge in [-0.1, -0.05) is 13.8 Å². The molecule has 1 fully saturated rings. The van der Waals surface area contributed by atoms with Gasteiger partial charge in [0.05, 0.1) is 0 Å². The van der Waals surface area contributed by atoms with Crippen molar-refractivity contribution in [1.29, 1.82) is 0 Å². The summed E-state index contributed by atoms with van der Waals surface area (Å²) in [6.07, 6.45) is 4.51. The highest BCUT2D eigenvalue weighted by Crippen LogP contribution is 2.24. The lowest BCUT2D eigenvalue weighted by molar-refractivity contribution is 0.270. The van der Waals surface area contributed by atoms with Crippen molar-refractivity contribution >= 4 is 11.6 Å². The summed E-state index contributed by atoms with van der Waals surface area (Å²) in [5, 5.41) is 0. The third-order valence-electron chi connectivity index (χ3n) is 4.43. The summed E-state index contributed by atoms with van der Waals surface area (Å²) in [7, 11) is 2.12. The first kappa shape index (κ1) is 16.0. The molecule has 1 aromatic rings. The van der Waals surface area contributed by atoms with E-state index in [1.807, 2.05) is 6.92 Å². The van der Waals surface area contributed by atoms with Crippen molar-refractivity contribution in [1.82, 2.24) is 14.9 Å². The zero-order chi connectivity index (χ0) is 15.4. The average Bonchev–Trinajstić information content (AvgIpc) is 2.90. The molecular weight excluding hydrogens is 262 g/mol. The van der Waals surface area contributed by atoms with E-state index in [1.165, 1.54) is 19.4 Å². The zero-order valence-electron chi connectivity index (χ0n) is 13.9. The number of likely N-dealkylation sites (N-methyl/N-ethyl adjacent to an activating group) is 2. The van der Waals surface area contributed by atoms with E-state index in [0.29, 0.717) is 11.9 Å². The first-order valence-corrected chi connectivity index (χ1v) is 8.15. The van der Waals surface area contributed by atoms with Crippen molar-refractivity contribution in [3.63, 3.8) is 0 Å². The largest absolute Gasteiger partial charge is 0.383 e. The number of hydrogen-bond acceptors (Lipinski definition) is 5. The standard InChI is InChI=1S/C16H29N5/c1-5-8-14-18-15(17)12(3)16(19-14)20(4)11-13-9-7-10-21(13)6-2/h13H,5-11H2,1-4H3,(H2,17,18,19). The third-order valence-corrected chi connectivity index (χ3v) is 4.43. The van der Waals surface area contributed by atoms with Gasteiger partial charge >= 0.3 is 0 Å². The number of aromatic nitrogens is 2. The van der Waals surface area contributed by atoms with Crippen molar-refractivity contribution in [2.45, 2.75) is 52.5 Å². The molecule has 21 heavy (non-hydrogen) atoms. The van der Waals surface area contributed by atoms with Gasteiger partial charge in [-0.05, 0) is 39.3 Å². The van der Waals surface area contributed by atoms with Crippen molar-refractivity contribution in [3.8, 4) is 0 Å². The maximum absolute atomic E-state index is 6.06. The minimum Gasteiger partial charge on any atom is -0.383 e. The molecule has 5 nitrogen and oxygen atoms in total. The van der Waals surface area contributed by atoms with Gasteiger partial charge in [0, 0.05) is 31.6 Å². The van der Waals surface area contributed by atoms with Gasteiger partial charge in [0.1, 0.15) is 17.5 Å². The molecule has 0 aromatic carbocycles. The highest BCUT2D eigenvalue weighted by molar-refractivity contribution is 5.56. The molecule has 1 saturated heterocycles. The van der Waals surface area contributed by atoms with Gasteiger partial charge in [-0.25, -0.2) is 9.97 Å². The summed E-state index contributed by atoms with van der Waals surface area (Å²) in [6, 6.07) is 0.630. The molecule has 0 aliphatic carbocycles. The molecule has 1 unspecified atom stereocenters. The van der Waals surface area contributed by atoms with Crippen LogP contribution in [0.2, 0.25) is 0 Å². The lowest BCUT2D eigenvalue weighted by Gasteiger charge is -2.29. The molecule has 5 heteroatoms. The number of aryl methyl sites for hydroxylation is 1. The second kappa shape index (κ2) is 7.07. The monoisotopic (exact) mass is 291 g/mol. The van der Waals surface area contributed by atoms with Gasteiger partial charge in [0.25, 0.3) is 0 Å². The summed E-state index contributed by atoms with van der Waals surface area (Å²) in [5.74, 6) is 2.48. The number of anilines is 2. The van der Waals surface area contributed by atoms with Gasteiger partial charge < -0.3 is 10.6 Å². The van der Waals surface area contributed by atoms with Crippen LogP contribution in [-0.2, 0) is 6.42 Å². The van der Waals surface area contributed by atoms with Crippen LogP contribution in [0.15, 0.2) is 0 Å². The lowest BCUT2D eigenvalue weighted by atomic mass is 10.2. The van der Waals surface area contributed by atoms with E-state index in [4.69, 9.17) is 10.7 Å². The van der Waals surface area contributed by atoms with E-state index in [1.54, 1.807) is 0 Å². The maximum Gasteiger partial charge on any atom is 0.137 e. The number of nitrogen functional groups attached to an aromatic ring is 1. The normalized spacial score (nSPS) is 19.1. The van der Waals surface area contributed by atoms with Crippen LogP contribution in [0, 0.1) is 6.92 Å². The van der Waals surface area contributed by atoms with Crippen LogP contribution < -0.4 is 10.6 Å². The highest BCUT2D eigenvalue weighted by Gasteiger charge is 2.25. The van der Waals surface area contributed by atoms with Crippen LogP contribution in [0.25, 0.3) is 0 Å². The Labute approximate surface area is 128 Å². The molecule has 1 atom stereocenters. The van der Waals surface area contributed by atoms with E-state index in [0.717, 1.165) is 43.1 Å². The molecule has 1 aliphatic rings. The van der Waals surface area contributed by atoms with Crippen molar-refractivity contribution < 1.29 is 0 Å². The fourth-order valence-electron chi connectivity index (χ4n) is 3.20. The maximum atomic E-state index is 6.06. The van der Waals surface area contributed by atoms with Gasteiger partial charge in [0.2, 0.25) is 0 Å². The summed E-state index contributed by atoms with van der Waals surface area (Å²) >= 11 is 0. The zero-order valence-corrected chi connectivity index (χ0v) is 13.9. The Bertz CT molecular complexity index is 474. The second-order valence-electron chi connectivity index (χ2n) is 6.03. The van der Waals surface area contributed by atoms with Crippen LogP contribution in [0.3, 0.4) is 0 Å². The van der Waals surface area contributed by atoms with Crippen LogP contribution >= 0.6 is 0 Å². The molecule has 0 bridgehead atoms. The fourth-order valence-corrected chi connectivity index (χ4v) is 3.20. The molecule has 1 aromatic heterocycles. The number of likely N-dealkylation sites (tertiary alicyclic amines) is 1. The minimum atomic E-state index is 0.620. The number of rotatable bonds is 6. The summed E-state index contributed by atoms with van der Waals surface area (Å²) < 4.78 is 0. The predicted molar refractivity (Wildman–Crippen MR) is 88.7 cm³/mol. The first-order valence-electron chi connectivity index (χ1n) is 8.15. The smallest absolute Gasteiger partial charge is 0.137 e. The van der Waals surface area contributed by atoms with E-state index >= 15 is 0 Å². The minimum absolute atomic E-state index is 0.620. The Morgan fingerprint density at radius 3 is 2.76 bits per heavy atom. The summed E-state index contributed by atoms with van der Waals surface area (Å²) in [4.78, 5) is 13.9. The lowest BCUT2D eigenvalue weighted by Crippen LogP contribution is -2.39. The van der Waals surface area contributed by atoms with E-state index < -0.39 is 0 Å². The SMILES string of the molecule is CCCc1nc(N)c(C)c(N(C)CC2CCCN2CC)n1. The molecule has 0 saturated carbocycles. The molecule has 2 heterocycles. The quantitative estimate of drug-likeness (QED) is 0.871. The molecule has 2 N–H and O–H groups in total. The molecule has 0 radical (unpaired) electrons. The third kappa shape index (κ3) is 3.64. The number of nitrogens with two attached hydrogens (primary N) is 1. The Morgan fingerprint density at radius 1 is 1.33 bits per heavy atom. The Kier molecular flexibility index (Phi) is 5.39. The molecule has 0 amide bonds. The van der Waals surface area contributed by atoms with Crippen LogP contribution in [0.5, 0.6) is 0 Å². The Morgan fingerprint density at radius 2 is 2.10 bits per heavy atom. The van der Waals surface area contributed by atoms with Crippen molar-refractivity contribution in [2.75, 3.05) is 37.3 Å². The molecule has 1 aliphatic heterocycles. The van der Waals surface area contributed by atoms with E-state index in [-0.39, 0.29) is 0 Å². The van der Waals surface area contributed by atoms with Crippen LogP contribution in [-0.4, -0.2) is 47.6 Å². The first-order chi connectivity index (χ1) is 10.1. The van der Waals surface area contributed by atoms with Gasteiger partial charge in [-0.2, -0.15) is 0 Å². The summed E-state index contributed by atoms with van der Waals surface area (Å²) in [5.41, 5.74) is 7.06. The van der Waals surface area contributed by atoms with Crippen molar-refractivity contribution in [3.05, 3.63) is 11.4 Å². The predicted octanol–water partition coefficient (Wildman–Crippen LogP) is 2.24. The molecule has 2 rings (SSSR count). The Balaban J connectivity index is 2.16. The molecular formula is C16H29N5. The average molecular weight is 291 g/mol. The van der Waals surface area contributed by atoms with Crippen LogP contribution in [0.4, 0.5) is 11.6 Å². The topological polar surface area (TPSA) is 58.3 Å². The number of nitrogens with zero attached hydrogens (tertiary/aromatic N) is 4.